The second kappa shape index (κ2) is 7.44. The van der Waals surface area contributed by atoms with Crippen LogP contribution in [-0.4, -0.2) is 53.9 Å². The predicted molar refractivity (Wildman–Crippen MR) is 104 cm³/mol. The van der Waals surface area contributed by atoms with Crippen LogP contribution in [0.15, 0.2) is 60.7 Å². The lowest BCUT2D eigenvalue weighted by Crippen LogP contribution is -2.39. The van der Waals surface area contributed by atoms with Gasteiger partial charge in [0.25, 0.3) is 0 Å². The molecule has 0 saturated heterocycles. The first-order valence-corrected chi connectivity index (χ1v) is 8.55. The highest BCUT2D eigenvalue weighted by molar-refractivity contribution is 5.90. The van der Waals surface area contributed by atoms with Gasteiger partial charge >= 0.3 is 0 Å². The van der Waals surface area contributed by atoms with Crippen LogP contribution < -0.4 is 0 Å². The van der Waals surface area contributed by atoms with E-state index in [1.807, 2.05) is 59.2 Å². The van der Waals surface area contributed by atoms with Gasteiger partial charge in [-0.1, -0.05) is 48.5 Å². The molecular formula is C21H23N3O2. The number of hydrogen-bond acceptors (Lipinski definition) is 2. The molecule has 1 heterocycles. The number of fused-ring (bicyclic) bond motifs is 1. The van der Waals surface area contributed by atoms with E-state index in [1.165, 1.54) is 9.80 Å². The lowest BCUT2D eigenvalue weighted by Gasteiger charge is -2.20. The Morgan fingerprint density at radius 2 is 1.54 bits per heavy atom. The normalized spacial score (nSPS) is 10.7. The second-order valence-electron chi connectivity index (χ2n) is 6.58. The van der Waals surface area contributed by atoms with Gasteiger partial charge in [-0.15, -0.1) is 0 Å². The number of likely N-dealkylation sites (N-methyl/N-ethyl adjacent to an activating group) is 2. The van der Waals surface area contributed by atoms with Crippen molar-refractivity contribution in [3.63, 3.8) is 0 Å². The summed E-state index contributed by atoms with van der Waals surface area (Å²) in [5, 5.41) is 1.09. The fourth-order valence-corrected chi connectivity index (χ4v) is 2.92. The van der Waals surface area contributed by atoms with Crippen LogP contribution >= 0.6 is 0 Å². The van der Waals surface area contributed by atoms with E-state index in [2.05, 4.69) is 6.07 Å². The SMILES string of the molecule is CN(C)C(=O)CN(C)C(=O)Cn1c(-c2ccccc2)cc2ccccc21. The van der Waals surface area contributed by atoms with Crippen LogP contribution in [0.25, 0.3) is 22.2 Å². The van der Waals surface area contributed by atoms with Gasteiger partial charge in [-0.3, -0.25) is 9.59 Å². The third kappa shape index (κ3) is 3.61. The van der Waals surface area contributed by atoms with Crippen molar-refractivity contribution in [2.45, 2.75) is 6.54 Å². The summed E-state index contributed by atoms with van der Waals surface area (Å²) in [5.74, 6) is -0.194. The Morgan fingerprint density at radius 3 is 2.23 bits per heavy atom. The first kappa shape index (κ1) is 17.7. The van der Waals surface area contributed by atoms with Gasteiger partial charge in [0.2, 0.25) is 11.8 Å². The van der Waals surface area contributed by atoms with Crippen LogP contribution in [0.4, 0.5) is 0 Å². The van der Waals surface area contributed by atoms with Crippen molar-refractivity contribution in [1.82, 2.24) is 14.4 Å². The summed E-state index contributed by atoms with van der Waals surface area (Å²) >= 11 is 0. The number of carbonyl (C=O) groups excluding carboxylic acids is 2. The van der Waals surface area contributed by atoms with Crippen molar-refractivity contribution < 1.29 is 9.59 Å². The molecule has 0 fully saturated rings. The van der Waals surface area contributed by atoms with E-state index in [9.17, 15) is 9.59 Å². The zero-order valence-corrected chi connectivity index (χ0v) is 15.3. The standard InChI is InChI=1S/C21H23N3O2/c1-22(2)20(25)14-23(3)21(26)15-24-18-12-8-7-11-17(18)13-19(24)16-9-5-4-6-10-16/h4-13H,14-15H2,1-3H3. The van der Waals surface area contributed by atoms with Crippen LogP contribution in [0.5, 0.6) is 0 Å². The number of hydrogen-bond donors (Lipinski definition) is 0. The third-order valence-electron chi connectivity index (χ3n) is 4.47. The highest BCUT2D eigenvalue weighted by Gasteiger charge is 2.18. The lowest BCUT2D eigenvalue weighted by molar-refractivity contribution is -0.138. The van der Waals surface area contributed by atoms with E-state index < -0.39 is 0 Å². The van der Waals surface area contributed by atoms with Crippen molar-refractivity contribution in [3.8, 4) is 11.3 Å². The van der Waals surface area contributed by atoms with Crippen LogP contribution in [0.2, 0.25) is 0 Å². The summed E-state index contributed by atoms with van der Waals surface area (Å²) < 4.78 is 2.02. The van der Waals surface area contributed by atoms with E-state index in [0.29, 0.717) is 0 Å². The van der Waals surface area contributed by atoms with Crippen LogP contribution in [0.1, 0.15) is 0 Å². The molecule has 5 heteroatoms. The minimum Gasteiger partial charge on any atom is -0.347 e. The minimum absolute atomic E-state index is 0.0751. The number of benzene rings is 2. The number of carbonyl (C=O) groups is 2. The zero-order valence-electron chi connectivity index (χ0n) is 15.3. The fourth-order valence-electron chi connectivity index (χ4n) is 2.92. The summed E-state index contributed by atoms with van der Waals surface area (Å²) in [5.41, 5.74) is 3.06. The van der Waals surface area contributed by atoms with Crippen molar-refractivity contribution in [2.75, 3.05) is 27.7 Å². The molecule has 3 rings (SSSR count). The molecule has 5 nitrogen and oxygen atoms in total. The van der Waals surface area contributed by atoms with Gasteiger partial charge in [-0.2, -0.15) is 0 Å². The summed E-state index contributed by atoms with van der Waals surface area (Å²) in [4.78, 5) is 27.6. The number of amides is 2. The maximum atomic E-state index is 12.7. The topological polar surface area (TPSA) is 45.6 Å². The highest BCUT2D eigenvalue weighted by Crippen LogP contribution is 2.28. The van der Waals surface area contributed by atoms with Gasteiger partial charge in [0.05, 0.1) is 6.54 Å². The molecule has 0 saturated carbocycles. The molecule has 0 atom stereocenters. The third-order valence-corrected chi connectivity index (χ3v) is 4.47. The Bertz CT molecular complexity index is 929. The first-order chi connectivity index (χ1) is 12.5. The Kier molecular flexibility index (Phi) is 5.07. The maximum absolute atomic E-state index is 12.7. The van der Waals surface area contributed by atoms with Gasteiger partial charge in [0.1, 0.15) is 6.54 Å². The second-order valence-corrected chi connectivity index (χ2v) is 6.58. The Hall–Kier alpha value is -3.08. The Labute approximate surface area is 153 Å². The molecule has 26 heavy (non-hydrogen) atoms. The number of aromatic nitrogens is 1. The Morgan fingerprint density at radius 1 is 0.885 bits per heavy atom. The van der Waals surface area contributed by atoms with Gasteiger partial charge in [0, 0.05) is 37.7 Å². The number of para-hydroxylation sites is 1. The summed E-state index contributed by atoms with van der Waals surface area (Å²) in [7, 11) is 5.04. The summed E-state index contributed by atoms with van der Waals surface area (Å²) in [6, 6.07) is 20.1. The van der Waals surface area contributed by atoms with Crippen LogP contribution in [0, 0.1) is 0 Å². The van der Waals surface area contributed by atoms with Crippen LogP contribution in [-0.2, 0) is 16.1 Å². The predicted octanol–water partition coefficient (Wildman–Crippen LogP) is 2.85. The fraction of sp³-hybridized carbons (Fsp3) is 0.238. The molecule has 0 bridgehead atoms. The molecular weight excluding hydrogens is 326 g/mol. The quantitative estimate of drug-likeness (QED) is 0.711. The van der Waals surface area contributed by atoms with E-state index >= 15 is 0 Å². The van der Waals surface area contributed by atoms with Crippen LogP contribution in [0.3, 0.4) is 0 Å². The molecule has 134 valence electrons. The monoisotopic (exact) mass is 349 g/mol. The first-order valence-electron chi connectivity index (χ1n) is 8.55. The number of rotatable bonds is 5. The lowest BCUT2D eigenvalue weighted by atomic mass is 10.1. The van der Waals surface area contributed by atoms with Crippen molar-refractivity contribution >= 4 is 22.7 Å². The average molecular weight is 349 g/mol. The van der Waals surface area contributed by atoms with Crippen molar-refractivity contribution in [3.05, 3.63) is 60.7 Å². The maximum Gasteiger partial charge on any atom is 0.242 e. The molecule has 0 aliphatic carbocycles. The molecule has 1 aromatic heterocycles. The molecule has 0 aliphatic heterocycles. The molecule has 0 spiro atoms. The van der Waals surface area contributed by atoms with Crippen molar-refractivity contribution in [1.29, 1.82) is 0 Å². The molecule has 3 aromatic rings. The number of nitrogens with zero attached hydrogens (tertiary/aromatic N) is 3. The molecule has 0 N–H and O–H groups in total. The summed E-state index contributed by atoms with van der Waals surface area (Å²) in [6.45, 7) is 0.265. The average Bonchev–Trinajstić information content (AvgIpc) is 3.01. The molecule has 2 amide bonds. The Balaban J connectivity index is 1.94. The largest absolute Gasteiger partial charge is 0.347 e. The van der Waals surface area contributed by atoms with Gasteiger partial charge in [0.15, 0.2) is 0 Å². The molecule has 0 unspecified atom stereocenters. The zero-order chi connectivity index (χ0) is 18.7. The minimum atomic E-state index is -0.0984. The smallest absolute Gasteiger partial charge is 0.242 e. The molecule has 0 aliphatic rings. The molecule has 2 aromatic carbocycles. The van der Waals surface area contributed by atoms with E-state index in [4.69, 9.17) is 0 Å². The van der Waals surface area contributed by atoms with Gasteiger partial charge in [-0.05, 0) is 17.7 Å². The van der Waals surface area contributed by atoms with E-state index in [-0.39, 0.29) is 24.9 Å². The highest BCUT2D eigenvalue weighted by atomic mass is 16.2. The molecule has 0 radical (unpaired) electrons. The van der Waals surface area contributed by atoms with Gasteiger partial charge < -0.3 is 14.4 Å². The summed E-state index contributed by atoms with van der Waals surface area (Å²) in [6.07, 6.45) is 0. The van der Waals surface area contributed by atoms with Crippen molar-refractivity contribution in [2.24, 2.45) is 0 Å². The van der Waals surface area contributed by atoms with Gasteiger partial charge in [-0.25, -0.2) is 0 Å². The van der Waals surface area contributed by atoms with E-state index in [0.717, 1.165) is 22.2 Å². The van der Waals surface area contributed by atoms with E-state index in [1.54, 1.807) is 21.1 Å².